The fourth-order valence-corrected chi connectivity index (χ4v) is 2.10. The number of aliphatic hydroxyl groups is 1. The second-order valence-corrected chi connectivity index (χ2v) is 5.08. The Hall–Kier alpha value is -1.32. The van der Waals surface area contributed by atoms with Crippen LogP contribution in [-0.4, -0.2) is 5.11 Å². The average molecular weight is 307 g/mol. The number of halogens is 1. The van der Waals surface area contributed by atoms with Gasteiger partial charge in [0.05, 0.1) is 6.10 Å². The van der Waals surface area contributed by atoms with Crippen LogP contribution in [0.25, 0.3) is 0 Å². The van der Waals surface area contributed by atoms with E-state index in [0.717, 1.165) is 21.3 Å². The molecule has 0 fully saturated rings. The van der Waals surface area contributed by atoms with Crippen LogP contribution < -0.4 is 4.74 Å². The van der Waals surface area contributed by atoms with Gasteiger partial charge >= 0.3 is 0 Å². The van der Waals surface area contributed by atoms with E-state index in [9.17, 15) is 5.11 Å². The van der Waals surface area contributed by atoms with E-state index in [4.69, 9.17) is 4.74 Å². The molecule has 3 heteroatoms. The summed E-state index contributed by atoms with van der Waals surface area (Å²) in [4.78, 5) is 0. The van der Waals surface area contributed by atoms with Crippen molar-refractivity contribution in [2.75, 3.05) is 0 Å². The van der Waals surface area contributed by atoms with Gasteiger partial charge < -0.3 is 9.84 Å². The molecule has 2 nitrogen and oxygen atoms in total. The van der Waals surface area contributed by atoms with Crippen molar-refractivity contribution in [3.63, 3.8) is 0 Å². The van der Waals surface area contributed by atoms with Crippen LogP contribution in [0.5, 0.6) is 5.75 Å². The largest absolute Gasteiger partial charge is 0.489 e. The third-order valence-corrected chi connectivity index (χ3v) is 3.13. The maximum absolute atomic E-state index is 9.51. The molecule has 2 aromatic rings. The van der Waals surface area contributed by atoms with E-state index in [1.165, 1.54) is 0 Å². The Morgan fingerprint density at radius 2 is 1.94 bits per heavy atom. The highest BCUT2D eigenvalue weighted by Gasteiger charge is 2.02. The van der Waals surface area contributed by atoms with E-state index in [1.807, 2.05) is 48.5 Å². The molecule has 0 aliphatic carbocycles. The third kappa shape index (κ3) is 3.59. The summed E-state index contributed by atoms with van der Waals surface area (Å²) in [7, 11) is 0. The smallest absolute Gasteiger partial charge is 0.120 e. The lowest BCUT2D eigenvalue weighted by atomic mass is 10.1. The number of rotatable bonds is 4. The molecular formula is C15H15BrO2. The standard InChI is InChI=1S/C15H15BrO2/c1-11(17)13-5-3-7-15(9-13)18-10-12-4-2-6-14(16)8-12/h2-9,11,17H,10H2,1H3. The van der Waals surface area contributed by atoms with Crippen LogP contribution in [0, 0.1) is 0 Å². The summed E-state index contributed by atoms with van der Waals surface area (Å²) in [6.45, 7) is 2.26. The summed E-state index contributed by atoms with van der Waals surface area (Å²) in [6.07, 6.45) is -0.473. The van der Waals surface area contributed by atoms with Gasteiger partial charge in [-0.2, -0.15) is 0 Å². The van der Waals surface area contributed by atoms with Crippen molar-refractivity contribution in [3.05, 3.63) is 64.1 Å². The van der Waals surface area contributed by atoms with Crippen LogP contribution in [0.2, 0.25) is 0 Å². The minimum Gasteiger partial charge on any atom is -0.489 e. The van der Waals surface area contributed by atoms with Crippen LogP contribution in [0.15, 0.2) is 53.0 Å². The van der Waals surface area contributed by atoms with Crippen LogP contribution >= 0.6 is 15.9 Å². The SMILES string of the molecule is CC(O)c1cccc(OCc2cccc(Br)c2)c1. The second kappa shape index (κ2) is 6.03. The van der Waals surface area contributed by atoms with Crippen molar-refractivity contribution in [2.24, 2.45) is 0 Å². The highest BCUT2D eigenvalue weighted by atomic mass is 79.9. The first kappa shape index (κ1) is 13.1. The fraction of sp³-hybridized carbons (Fsp3) is 0.200. The van der Waals surface area contributed by atoms with Crippen molar-refractivity contribution in [2.45, 2.75) is 19.6 Å². The summed E-state index contributed by atoms with van der Waals surface area (Å²) in [6, 6.07) is 15.5. The predicted octanol–water partition coefficient (Wildman–Crippen LogP) is 4.08. The number of hydrogen-bond acceptors (Lipinski definition) is 2. The van der Waals surface area contributed by atoms with Crippen LogP contribution in [0.3, 0.4) is 0 Å². The molecule has 0 heterocycles. The molecule has 0 amide bonds. The first-order valence-electron chi connectivity index (χ1n) is 5.80. The van der Waals surface area contributed by atoms with E-state index < -0.39 is 6.10 Å². The van der Waals surface area contributed by atoms with Crippen LogP contribution in [0.4, 0.5) is 0 Å². The van der Waals surface area contributed by atoms with Crippen LogP contribution in [-0.2, 0) is 6.61 Å². The maximum atomic E-state index is 9.51. The Morgan fingerprint density at radius 1 is 1.17 bits per heavy atom. The van der Waals surface area contributed by atoms with Gasteiger partial charge in [0.15, 0.2) is 0 Å². The fourth-order valence-electron chi connectivity index (χ4n) is 1.66. The summed E-state index contributed by atoms with van der Waals surface area (Å²) in [5.74, 6) is 0.772. The van der Waals surface area contributed by atoms with Gasteiger partial charge in [0.2, 0.25) is 0 Å². The van der Waals surface area contributed by atoms with Crippen LogP contribution in [0.1, 0.15) is 24.2 Å². The molecule has 0 aliphatic rings. The summed E-state index contributed by atoms with van der Waals surface area (Å²) < 4.78 is 6.75. The molecule has 94 valence electrons. The molecule has 0 bridgehead atoms. The molecule has 0 aromatic heterocycles. The number of benzene rings is 2. The molecule has 0 aliphatic heterocycles. The van der Waals surface area contributed by atoms with Gasteiger partial charge in [-0.25, -0.2) is 0 Å². The van der Waals surface area contributed by atoms with Crippen molar-refractivity contribution < 1.29 is 9.84 Å². The van der Waals surface area contributed by atoms with Gasteiger partial charge in [-0.1, -0.05) is 40.2 Å². The topological polar surface area (TPSA) is 29.5 Å². The van der Waals surface area contributed by atoms with Gasteiger partial charge in [-0.05, 0) is 42.3 Å². The van der Waals surface area contributed by atoms with E-state index >= 15 is 0 Å². The Bertz CT molecular complexity index is 523. The second-order valence-electron chi connectivity index (χ2n) is 4.17. The zero-order valence-electron chi connectivity index (χ0n) is 10.1. The van der Waals surface area contributed by atoms with E-state index in [0.29, 0.717) is 6.61 Å². The number of ether oxygens (including phenoxy) is 1. The molecule has 0 radical (unpaired) electrons. The molecule has 1 atom stereocenters. The summed E-state index contributed by atoms with van der Waals surface area (Å²) in [5.41, 5.74) is 1.97. The van der Waals surface area contributed by atoms with E-state index in [-0.39, 0.29) is 0 Å². The molecule has 0 saturated carbocycles. The Balaban J connectivity index is 2.04. The molecule has 0 spiro atoms. The highest BCUT2D eigenvalue weighted by Crippen LogP contribution is 2.20. The van der Waals surface area contributed by atoms with E-state index in [1.54, 1.807) is 6.92 Å². The Morgan fingerprint density at radius 3 is 2.67 bits per heavy atom. The van der Waals surface area contributed by atoms with Gasteiger partial charge in [-0.15, -0.1) is 0 Å². The molecular weight excluding hydrogens is 292 g/mol. The van der Waals surface area contributed by atoms with Gasteiger partial charge in [0, 0.05) is 4.47 Å². The maximum Gasteiger partial charge on any atom is 0.120 e. The summed E-state index contributed by atoms with van der Waals surface area (Å²) >= 11 is 3.43. The number of hydrogen-bond donors (Lipinski definition) is 1. The third-order valence-electron chi connectivity index (χ3n) is 2.64. The van der Waals surface area contributed by atoms with Crippen molar-refractivity contribution >= 4 is 15.9 Å². The zero-order valence-corrected chi connectivity index (χ0v) is 11.7. The molecule has 2 rings (SSSR count). The lowest BCUT2D eigenvalue weighted by Gasteiger charge is -2.09. The molecule has 0 saturated heterocycles. The van der Waals surface area contributed by atoms with Crippen molar-refractivity contribution in [1.29, 1.82) is 0 Å². The number of aliphatic hydroxyl groups excluding tert-OH is 1. The van der Waals surface area contributed by atoms with Crippen molar-refractivity contribution in [3.8, 4) is 5.75 Å². The average Bonchev–Trinajstić information content (AvgIpc) is 2.37. The monoisotopic (exact) mass is 306 g/mol. The minimum absolute atomic E-state index is 0.473. The van der Waals surface area contributed by atoms with Gasteiger partial charge in [0.25, 0.3) is 0 Å². The first-order chi connectivity index (χ1) is 8.65. The van der Waals surface area contributed by atoms with Crippen molar-refractivity contribution in [1.82, 2.24) is 0 Å². The molecule has 1 unspecified atom stereocenters. The lowest BCUT2D eigenvalue weighted by Crippen LogP contribution is -1.97. The lowest BCUT2D eigenvalue weighted by molar-refractivity contribution is 0.198. The van der Waals surface area contributed by atoms with Gasteiger partial charge in [0.1, 0.15) is 12.4 Å². The minimum atomic E-state index is -0.473. The Kier molecular flexibility index (Phi) is 4.39. The molecule has 18 heavy (non-hydrogen) atoms. The summed E-state index contributed by atoms with van der Waals surface area (Å²) in [5, 5.41) is 9.51. The normalized spacial score (nSPS) is 12.2. The van der Waals surface area contributed by atoms with E-state index in [2.05, 4.69) is 15.9 Å². The molecule has 1 N–H and O–H groups in total. The first-order valence-corrected chi connectivity index (χ1v) is 6.60. The highest BCUT2D eigenvalue weighted by molar-refractivity contribution is 9.10. The zero-order chi connectivity index (χ0) is 13.0. The molecule has 2 aromatic carbocycles. The quantitative estimate of drug-likeness (QED) is 0.922. The van der Waals surface area contributed by atoms with Gasteiger partial charge in [-0.3, -0.25) is 0 Å². The Labute approximate surface area is 115 Å². The predicted molar refractivity (Wildman–Crippen MR) is 75.5 cm³/mol.